The van der Waals surface area contributed by atoms with Gasteiger partial charge in [-0.25, -0.2) is 13.2 Å². The zero-order valence-electron chi connectivity index (χ0n) is 8.55. The van der Waals surface area contributed by atoms with E-state index >= 15 is 0 Å². The second kappa shape index (κ2) is 5.44. The smallest absolute Gasteiger partial charge is 0.238 e. The molecule has 0 aromatic heterocycles. The molecule has 76 valence electrons. The molecule has 0 amide bonds. The molecule has 12 heavy (non-hydrogen) atoms. The third kappa shape index (κ3) is 4.62. The Balaban J connectivity index is 0. The SMILES string of the molecule is CC.CCCC(F)(F)C(C)(C)F. The van der Waals surface area contributed by atoms with Crippen LogP contribution in [0.2, 0.25) is 0 Å². The van der Waals surface area contributed by atoms with E-state index in [0.717, 1.165) is 13.8 Å². The van der Waals surface area contributed by atoms with Crippen molar-refractivity contribution < 1.29 is 13.2 Å². The fourth-order valence-corrected chi connectivity index (χ4v) is 0.611. The van der Waals surface area contributed by atoms with Crippen molar-refractivity contribution >= 4 is 0 Å². The molecule has 3 heteroatoms. The third-order valence-electron chi connectivity index (χ3n) is 1.43. The summed E-state index contributed by atoms with van der Waals surface area (Å²) < 4.78 is 37.7. The van der Waals surface area contributed by atoms with Crippen LogP contribution in [0.1, 0.15) is 47.5 Å². The van der Waals surface area contributed by atoms with Crippen LogP contribution in [-0.2, 0) is 0 Å². The molecule has 0 saturated heterocycles. The van der Waals surface area contributed by atoms with E-state index in [1.54, 1.807) is 6.92 Å². The van der Waals surface area contributed by atoms with E-state index < -0.39 is 11.6 Å². The molecular weight excluding hydrogens is 165 g/mol. The Hall–Kier alpha value is -0.210. The average molecular weight is 184 g/mol. The molecule has 0 aromatic rings. The Labute approximate surface area is 73.2 Å². The molecule has 0 unspecified atom stereocenters. The first kappa shape index (κ1) is 14.3. The van der Waals surface area contributed by atoms with E-state index in [-0.39, 0.29) is 6.42 Å². The maximum atomic E-state index is 12.6. The summed E-state index contributed by atoms with van der Waals surface area (Å²) in [6, 6.07) is 0. The van der Waals surface area contributed by atoms with Crippen LogP contribution in [0.25, 0.3) is 0 Å². The van der Waals surface area contributed by atoms with Gasteiger partial charge < -0.3 is 0 Å². The first-order valence-electron chi connectivity index (χ1n) is 4.38. The van der Waals surface area contributed by atoms with Crippen molar-refractivity contribution in [1.29, 1.82) is 0 Å². The van der Waals surface area contributed by atoms with Crippen molar-refractivity contribution in [1.82, 2.24) is 0 Å². The van der Waals surface area contributed by atoms with Crippen molar-refractivity contribution in [2.24, 2.45) is 0 Å². The van der Waals surface area contributed by atoms with Gasteiger partial charge >= 0.3 is 0 Å². The van der Waals surface area contributed by atoms with E-state index in [0.29, 0.717) is 6.42 Å². The molecule has 0 spiro atoms. The summed E-state index contributed by atoms with van der Waals surface area (Å²) in [5.74, 6) is -3.18. The van der Waals surface area contributed by atoms with Gasteiger partial charge in [0.05, 0.1) is 0 Å². The lowest BCUT2D eigenvalue weighted by Gasteiger charge is -2.25. The van der Waals surface area contributed by atoms with Crippen molar-refractivity contribution in [3.05, 3.63) is 0 Å². The zero-order chi connectivity index (χ0) is 10.4. The molecule has 0 atom stereocenters. The van der Waals surface area contributed by atoms with Crippen LogP contribution in [0.15, 0.2) is 0 Å². The summed E-state index contributed by atoms with van der Waals surface area (Å²) in [5.41, 5.74) is -2.39. The number of alkyl halides is 3. The second-order valence-electron chi connectivity index (χ2n) is 2.93. The molecule has 0 aliphatic carbocycles. The highest BCUT2D eigenvalue weighted by Gasteiger charge is 2.45. The zero-order valence-corrected chi connectivity index (χ0v) is 8.55. The average Bonchev–Trinajstić information content (AvgIpc) is 1.89. The summed E-state index contributed by atoms with van der Waals surface area (Å²) in [4.78, 5) is 0. The summed E-state index contributed by atoms with van der Waals surface area (Å²) in [6.07, 6.45) is -0.0726. The Bertz CT molecular complexity index is 103. The van der Waals surface area contributed by atoms with Gasteiger partial charge in [-0.2, -0.15) is 0 Å². The minimum atomic E-state index is -3.18. The van der Waals surface area contributed by atoms with E-state index in [9.17, 15) is 13.2 Å². The van der Waals surface area contributed by atoms with Crippen molar-refractivity contribution in [2.75, 3.05) is 0 Å². The Morgan fingerprint density at radius 1 is 1.00 bits per heavy atom. The minimum Gasteiger partial charge on any atom is -0.238 e. The molecule has 0 rings (SSSR count). The summed E-state index contributed by atoms with van der Waals surface area (Å²) in [5, 5.41) is 0. The highest BCUT2D eigenvalue weighted by molar-refractivity contribution is 4.84. The highest BCUT2D eigenvalue weighted by Crippen LogP contribution is 2.35. The Morgan fingerprint density at radius 3 is 1.42 bits per heavy atom. The molecule has 0 aromatic carbocycles. The standard InChI is InChI=1S/C7H13F3.C2H6/c1-4-5-7(9,10)6(2,3)8;1-2/h4-5H2,1-3H3;1-2H3. The van der Waals surface area contributed by atoms with Crippen LogP contribution >= 0.6 is 0 Å². The topological polar surface area (TPSA) is 0 Å². The predicted octanol–water partition coefficient (Wildman–Crippen LogP) is 4.20. The monoisotopic (exact) mass is 184 g/mol. The lowest BCUT2D eigenvalue weighted by atomic mass is 9.99. The normalized spacial score (nSPS) is 12.0. The lowest BCUT2D eigenvalue weighted by Crippen LogP contribution is -2.38. The predicted molar refractivity (Wildman–Crippen MR) is 46.4 cm³/mol. The summed E-state index contributed by atoms with van der Waals surface area (Å²) >= 11 is 0. The molecule has 0 aliphatic heterocycles. The quantitative estimate of drug-likeness (QED) is 0.616. The van der Waals surface area contributed by atoms with Gasteiger partial charge in [-0.05, 0) is 13.8 Å². The van der Waals surface area contributed by atoms with Gasteiger partial charge in [-0.15, -0.1) is 0 Å². The van der Waals surface area contributed by atoms with Crippen LogP contribution in [0.3, 0.4) is 0 Å². The van der Waals surface area contributed by atoms with Gasteiger partial charge in [-0.1, -0.05) is 27.2 Å². The molecule has 0 fully saturated rings. The minimum absolute atomic E-state index is 0.306. The van der Waals surface area contributed by atoms with Gasteiger partial charge in [0.1, 0.15) is 0 Å². The van der Waals surface area contributed by atoms with E-state index in [1.165, 1.54) is 0 Å². The first-order valence-corrected chi connectivity index (χ1v) is 4.38. The highest BCUT2D eigenvalue weighted by atomic mass is 19.3. The Kier molecular flexibility index (Phi) is 6.49. The molecule has 0 radical (unpaired) electrons. The molecule has 0 aliphatic rings. The van der Waals surface area contributed by atoms with Gasteiger partial charge in [0.15, 0.2) is 5.67 Å². The van der Waals surface area contributed by atoms with Gasteiger partial charge in [0.25, 0.3) is 5.92 Å². The molecule has 0 heterocycles. The Morgan fingerprint density at radius 2 is 1.33 bits per heavy atom. The second-order valence-corrected chi connectivity index (χ2v) is 2.93. The number of rotatable bonds is 3. The molecule has 0 bridgehead atoms. The van der Waals surface area contributed by atoms with Gasteiger partial charge in [-0.3, -0.25) is 0 Å². The van der Waals surface area contributed by atoms with Crippen molar-refractivity contribution in [2.45, 2.75) is 59.1 Å². The van der Waals surface area contributed by atoms with Crippen LogP contribution in [0.4, 0.5) is 13.2 Å². The summed E-state index contributed by atoms with van der Waals surface area (Å²) in [6.45, 7) is 7.42. The number of hydrogen-bond acceptors (Lipinski definition) is 0. The van der Waals surface area contributed by atoms with Crippen molar-refractivity contribution in [3.63, 3.8) is 0 Å². The fourth-order valence-electron chi connectivity index (χ4n) is 0.611. The van der Waals surface area contributed by atoms with E-state index in [4.69, 9.17) is 0 Å². The van der Waals surface area contributed by atoms with Gasteiger partial charge in [0, 0.05) is 6.42 Å². The molecular formula is C9H19F3. The molecule has 0 saturated carbocycles. The van der Waals surface area contributed by atoms with E-state index in [2.05, 4.69) is 0 Å². The molecule has 0 nitrogen and oxygen atoms in total. The van der Waals surface area contributed by atoms with E-state index in [1.807, 2.05) is 13.8 Å². The lowest BCUT2D eigenvalue weighted by molar-refractivity contribution is -0.125. The number of hydrogen-bond donors (Lipinski definition) is 0. The first-order chi connectivity index (χ1) is 5.31. The van der Waals surface area contributed by atoms with Crippen LogP contribution in [0, 0.1) is 0 Å². The van der Waals surface area contributed by atoms with Gasteiger partial charge in [0.2, 0.25) is 0 Å². The largest absolute Gasteiger partial charge is 0.280 e. The fraction of sp³-hybridized carbons (Fsp3) is 1.00. The number of halogens is 3. The van der Waals surface area contributed by atoms with Crippen LogP contribution < -0.4 is 0 Å². The summed E-state index contributed by atoms with van der Waals surface area (Å²) in [7, 11) is 0. The molecule has 0 N–H and O–H groups in total. The third-order valence-corrected chi connectivity index (χ3v) is 1.43. The van der Waals surface area contributed by atoms with Crippen LogP contribution in [-0.4, -0.2) is 11.6 Å². The maximum Gasteiger partial charge on any atom is 0.280 e. The maximum absolute atomic E-state index is 12.6. The van der Waals surface area contributed by atoms with Crippen molar-refractivity contribution in [3.8, 4) is 0 Å². The van der Waals surface area contributed by atoms with Crippen LogP contribution in [0.5, 0.6) is 0 Å².